The lowest BCUT2D eigenvalue weighted by atomic mass is 10.2. The second kappa shape index (κ2) is 7.07. The highest BCUT2D eigenvalue weighted by Gasteiger charge is 2.09. The molecule has 18 heavy (non-hydrogen) atoms. The molecule has 0 unspecified atom stereocenters. The number of nitro groups is 1. The minimum absolute atomic E-state index is 0.0241. The van der Waals surface area contributed by atoms with E-state index in [0.717, 1.165) is 5.56 Å². The first kappa shape index (κ1) is 14.6. The van der Waals surface area contributed by atoms with Crippen molar-refractivity contribution in [2.75, 3.05) is 13.2 Å². The molecule has 0 aromatic heterocycles. The Balaban J connectivity index is 2.53. The lowest BCUT2D eigenvalue weighted by Crippen LogP contribution is -2.24. The van der Waals surface area contributed by atoms with Crippen molar-refractivity contribution in [3.05, 3.63) is 38.3 Å². The van der Waals surface area contributed by atoms with Gasteiger partial charge in [-0.2, -0.15) is 0 Å². The topological polar surface area (TPSA) is 81.5 Å². The standard InChI is InChI=1S/C11H13BrN2O4/c1-2-18-11(15)7-13-6-8-3-4-9(14(16)17)5-10(8)12/h3-5,13H,2,6-7H2,1H3. The molecule has 1 rings (SSSR count). The summed E-state index contributed by atoms with van der Waals surface area (Å²) in [6.45, 7) is 2.63. The van der Waals surface area contributed by atoms with Crippen molar-refractivity contribution in [1.82, 2.24) is 5.32 Å². The number of rotatable bonds is 6. The first-order chi connectivity index (χ1) is 8.54. The van der Waals surface area contributed by atoms with Crippen molar-refractivity contribution in [3.8, 4) is 0 Å². The van der Waals surface area contributed by atoms with Gasteiger partial charge in [-0.3, -0.25) is 14.9 Å². The Kier molecular flexibility index (Phi) is 5.73. The number of ether oxygens (including phenoxy) is 1. The number of carbonyl (C=O) groups is 1. The number of hydrogen-bond acceptors (Lipinski definition) is 5. The smallest absolute Gasteiger partial charge is 0.319 e. The predicted octanol–water partition coefficient (Wildman–Crippen LogP) is 2.01. The van der Waals surface area contributed by atoms with Crippen LogP contribution in [-0.2, 0) is 16.1 Å². The summed E-state index contributed by atoms with van der Waals surface area (Å²) in [4.78, 5) is 21.2. The number of nitro benzene ring substituents is 1. The minimum Gasteiger partial charge on any atom is -0.465 e. The van der Waals surface area contributed by atoms with Gasteiger partial charge in [0.15, 0.2) is 0 Å². The SMILES string of the molecule is CCOC(=O)CNCc1ccc([N+](=O)[O-])cc1Br. The van der Waals surface area contributed by atoms with Crippen LogP contribution in [0.1, 0.15) is 12.5 Å². The Labute approximate surface area is 113 Å². The van der Waals surface area contributed by atoms with Gasteiger partial charge < -0.3 is 10.1 Å². The molecule has 0 heterocycles. The molecule has 1 aromatic carbocycles. The molecule has 0 amide bonds. The highest BCUT2D eigenvalue weighted by Crippen LogP contribution is 2.22. The maximum Gasteiger partial charge on any atom is 0.319 e. The van der Waals surface area contributed by atoms with E-state index in [-0.39, 0.29) is 18.2 Å². The maximum atomic E-state index is 11.1. The van der Waals surface area contributed by atoms with Crippen LogP contribution in [0.25, 0.3) is 0 Å². The normalized spacial score (nSPS) is 10.1. The van der Waals surface area contributed by atoms with Crippen LogP contribution in [-0.4, -0.2) is 24.0 Å². The summed E-state index contributed by atoms with van der Waals surface area (Å²) in [5, 5.41) is 13.4. The second-order valence-electron chi connectivity index (χ2n) is 3.44. The number of nitrogens with zero attached hydrogens (tertiary/aromatic N) is 1. The molecule has 0 saturated carbocycles. The van der Waals surface area contributed by atoms with Crippen molar-refractivity contribution in [3.63, 3.8) is 0 Å². The Bertz CT molecular complexity index is 451. The molecule has 0 spiro atoms. The highest BCUT2D eigenvalue weighted by molar-refractivity contribution is 9.10. The first-order valence-corrected chi connectivity index (χ1v) is 6.13. The molecule has 98 valence electrons. The summed E-state index contributed by atoms with van der Waals surface area (Å²) in [5.74, 6) is -0.324. The zero-order valence-corrected chi connectivity index (χ0v) is 11.4. The van der Waals surface area contributed by atoms with Crippen LogP contribution in [0.2, 0.25) is 0 Å². The predicted molar refractivity (Wildman–Crippen MR) is 69.1 cm³/mol. The lowest BCUT2D eigenvalue weighted by Gasteiger charge is -2.06. The summed E-state index contributed by atoms with van der Waals surface area (Å²) >= 11 is 3.25. The van der Waals surface area contributed by atoms with E-state index in [9.17, 15) is 14.9 Å². The summed E-state index contributed by atoms with van der Waals surface area (Å²) in [5.41, 5.74) is 0.862. The van der Waals surface area contributed by atoms with Crippen molar-refractivity contribution in [2.24, 2.45) is 0 Å². The van der Waals surface area contributed by atoms with Gasteiger partial charge in [-0.25, -0.2) is 0 Å². The quantitative estimate of drug-likeness (QED) is 0.493. The largest absolute Gasteiger partial charge is 0.465 e. The third-order valence-corrected chi connectivity index (χ3v) is 2.88. The molecular weight excluding hydrogens is 304 g/mol. The Morgan fingerprint density at radius 1 is 1.56 bits per heavy atom. The van der Waals surface area contributed by atoms with Crippen LogP contribution in [0.5, 0.6) is 0 Å². The van der Waals surface area contributed by atoms with E-state index >= 15 is 0 Å². The number of benzene rings is 1. The highest BCUT2D eigenvalue weighted by atomic mass is 79.9. The van der Waals surface area contributed by atoms with E-state index in [2.05, 4.69) is 21.2 Å². The maximum absolute atomic E-state index is 11.1. The third-order valence-electron chi connectivity index (χ3n) is 2.14. The average molecular weight is 317 g/mol. The number of halogens is 1. The van der Waals surface area contributed by atoms with Gasteiger partial charge >= 0.3 is 5.97 Å². The number of hydrogen-bond donors (Lipinski definition) is 1. The number of non-ortho nitro benzene ring substituents is 1. The molecule has 1 N–H and O–H groups in total. The zero-order valence-electron chi connectivity index (χ0n) is 9.81. The van der Waals surface area contributed by atoms with E-state index in [1.54, 1.807) is 13.0 Å². The van der Waals surface area contributed by atoms with Crippen LogP contribution in [0, 0.1) is 10.1 Å². The van der Waals surface area contributed by atoms with Crippen LogP contribution < -0.4 is 5.32 Å². The van der Waals surface area contributed by atoms with E-state index < -0.39 is 4.92 Å². The van der Waals surface area contributed by atoms with Crippen molar-refractivity contribution >= 4 is 27.6 Å². The molecule has 0 radical (unpaired) electrons. The average Bonchev–Trinajstić information content (AvgIpc) is 2.31. The van der Waals surface area contributed by atoms with Crippen LogP contribution in [0.3, 0.4) is 0 Å². The van der Waals surface area contributed by atoms with E-state index in [1.807, 2.05) is 0 Å². The molecule has 6 nitrogen and oxygen atoms in total. The molecule has 7 heteroatoms. The number of carbonyl (C=O) groups excluding carboxylic acids is 1. The molecule has 0 bridgehead atoms. The minimum atomic E-state index is -0.458. The molecule has 0 fully saturated rings. The summed E-state index contributed by atoms with van der Waals surface area (Å²) in [6, 6.07) is 4.49. The van der Waals surface area contributed by atoms with Gasteiger partial charge in [-0.1, -0.05) is 15.9 Å². The fraction of sp³-hybridized carbons (Fsp3) is 0.364. The van der Waals surface area contributed by atoms with Gasteiger partial charge in [-0.05, 0) is 18.6 Å². The van der Waals surface area contributed by atoms with Gasteiger partial charge in [-0.15, -0.1) is 0 Å². The van der Waals surface area contributed by atoms with Crippen molar-refractivity contribution in [2.45, 2.75) is 13.5 Å². The van der Waals surface area contributed by atoms with E-state index in [1.165, 1.54) is 12.1 Å². The molecule has 0 aliphatic heterocycles. The number of nitrogens with one attached hydrogen (secondary N) is 1. The lowest BCUT2D eigenvalue weighted by molar-refractivity contribution is -0.384. The van der Waals surface area contributed by atoms with Crippen LogP contribution in [0.4, 0.5) is 5.69 Å². The number of esters is 1. The molecule has 1 aromatic rings. The van der Waals surface area contributed by atoms with Crippen molar-refractivity contribution in [1.29, 1.82) is 0 Å². The van der Waals surface area contributed by atoms with E-state index in [4.69, 9.17) is 4.74 Å². The first-order valence-electron chi connectivity index (χ1n) is 5.33. The Morgan fingerprint density at radius 3 is 2.83 bits per heavy atom. The molecule has 0 atom stereocenters. The van der Waals surface area contributed by atoms with Crippen LogP contribution >= 0.6 is 15.9 Å². The fourth-order valence-corrected chi connectivity index (χ4v) is 1.81. The molecular formula is C11H13BrN2O4. The van der Waals surface area contributed by atoms with Gasteiger partial charge in [0.2, 0.25) is 0 Å². The Morgan fingerprint density at radius 2 is 2.28 bits per heavy atom. The molecule has 0 aliphatic rings. The Hall–Kier alpha value is -1.47. The van der Waals surface area contributed by atoms with Gasteiger partial charge in [0.25, 0.3) is 5.69 Å². The summed E-state index contributed by atoms with van der Waals surface area (Å²) < 4.78 is 5.39. The zero-order chi connectivity index (χ0) is 13.5. The molecule has 0 aliphatic carbocycles. The van der Waals surface area contributed by atoms with Gasteiger partial charge in [0, 0.05) is 23.2 Å². The van der Waals surface area contributed by atoms with Gasteiger partial charge in [0.1, 0.15) is 0 Å². The molecule has 0 saturated heterocycles. The van der Waals surface area contributed by atoms with Gasteiger partial charge in [0.05, 0.1) is 18.1 Å². The summed E-state index contributed by atoms with van der Waals surface area (Å²) in [7, 11) is 0. The van der Waals surface area contributed by atoms with Crippen molar-refractivity contribution < 1.29 is 14.5 Å². The monoisotopic (exact) mass is 316 g/mol. The third kappa shape index (κ3) is 4.42. The summed E-state index contributed by atoms with van der Waals surface area (Å²) in [6.07, 6.45) is 0. The second-order valence-corrected chi connectivity index (χ2v) is 4.30. The van der Waals surface area contributed by atoms with E-state index in [0.29, 0.717) is 17.6 Å². The fourth-order valence-electron chi connectivity index (χ4n) is 1.30. The van der Waals surface area contributed by atoms with Crippen LogP contribution in [0.15, 0.2) is 22.7 Å².